The van der Waals surface area contributed by atoms with Crippen LogP contribution in [0.2, 0.25) is 0 Å². The van der Waals surface area contributed by atoms with Crippen molar-refractivity contribution in [3.05, 3.63) is 38.0 Å². The molecule has 0 bridgehead atoms. The van der Waals surface area contributed by atoms with Gasteiger partial charge in [0.2, 0.25) is 0 Å². The highest BCUT2D eigenvalue weighted by Crippen LogP contribution is 2.35. The Morgan fingerprint density at radius 3 is 1.44 bits per heavy atom. The molecular weight excluding hydrogens is 231 g/mol. The molecule has 6 nitrogen and oxygen atoms in total. The van der Waals surface area contributed by atoms with Crippen molar-refractivity contribution < 1.29 is 18.9 Å². The molecule has 0 aromatic rings. The van der Waals surface area contributed by atoms with Crippen molar-refractivity contribution in [3.8, 4) is 0 Å². The second-order valence-corrected chi connectivity index (χ2v) is 3.36. The molecule has 0 fully saturated rings. The van der Waals surface area contributed by atoms with E-state index in [9.17, 15) is 4.57 Å². The molecule has 0 atom stereocenters. The molecule has 0 rings (SSSR count). The first kappa shape index (κ1) is 20.6. The Morgan fingerprint density at radius 2 is 1.38 bits per heavy atom. The van der Waals surface area contributed by atoms with Crippen molar-refractivity contribution in [3.63, 3.8) is 0 Å². The summed E-state index contributed by atoms with van der Waals surface area (Å²) in [5.74, 6) is 0. The van der Waals surface area contributed by atoms with E-state index in [1.54, 1.807) is 12.2 Å². The first-order valence-electron chi connectivity index (χ1n) is 4.32. The van der Waals surface area contributed by atoms with Crippen molar-refractivity contribution >= 4 is 7.82 Å². The summed E-state index contributed by atoms with van der Waals surface area (Å²) in [5.41, 5.74) is 9.82. The summed E-state index contributed by atoms with van der Waals surface area (Å²) in [6.45, 7) is 10.9. The molecule has 0 aliphatic heterocycles. The van der Waals surface area contributed by atoms with Gasteiger partial charge in [-0.15, -0.1) is 19.7 Å². The molecule has 0 saturated heterocycles. The molecule has 0 spiro atoms. The van der Waals surface area contributed by atoms with Gasteiger partial charge in [0.15, 0.2) is 0 Å². The fourth-order valence-corrected chi connectivity index (χ4v) is 0.449. The number of hydrogen-bond acceptors (Lipinski definition) is 4. The third-order valence-electron chi connectivity index (χ3n) is 0.694. The quantitative estimate of drug-likeness (QED) is 0.419. The lowest BCUT2D eigenvalue weighted by Crippen LogP contribution is -1.90. The van der Waals surface area contributed by atoms with Gasteiger partial charge in [-0.2, -0.15) is 0 Å². The summed E-state index contributed by atoms with van der Waals surface area (Å²) in [4.78, 5) is 16.0. The van der Waals surface area contributed by atoms with Gasteiger partial charge in [-0.1, -0.05) is 18.2 Å². The first-order valence-corrected chi connectivity index (χ1v) is 5.85. The van der Waals surface area contributed by atoms with E-state index in [0.29, 0.717) is 13.1 Å². The van der Waals surface area contributed by atoms with Crippen molar-refractivity contribution in [2.75, 3.05) is 19.7 Å². The van der Waals surface area contributed by atoms with Crippen LogP contribution in [0.3, 0.4) is 0 Å². The highest BCUT2D eigenvalue weighted by Gasteiger charge is 2.10. The number of nitrogens with two attached hydrogens (primary N) is 2. The van der Waals surface area contributed by atoms with Gasteiger partial charge in [-0.05, 0) is 0 Å². The molecule has 0 aromatic heterocycles. The minimum atomic E-state index is -4.25. The van der Waals surface area contributed by atoms with Gasteiger partial charge in [0.05, 0.1) is 6.61 Å². The molecule has 6 N–H and O–H groups in total. The van der Waals surface area contributed by atoms with Crippen LogP contribution in [0.25, 0.3) is 0 Å². The molecule has 0 aliphatic carbocycles. The van der Waals surface area contributed by atoms with Gasteiger partial charge in [0.25, 0.3) is 0 Å². The number of rotatable bonds is 5. The molecule has 0 amide bonds. The van der Waals surface area contributed by atoms with E-state index >= 15 is 0 Å². The number of hydrogen-bond donors (Lipinski definition) is 4. The van der Waals surface area contributed by atoms with Gasteiger partial charge < -0.3 is 21.3 Å². The van der Waals surface area contributed by atoms with Crippen molar-refractivity contribution in [2.24, 2.45) is 11.5 Å². The highest BCUT2D eigenvalue weighted by atomic mass is 31.2. The second-order valence-electron chi connectivity index (χ2n) is 2.12. The third-order valence-corrected chi connectivity index (χ3v) is 1.18. The Kier molecular flexibility index (Phi) is 21.5. The zero-order chi connectivity index (χ0) is 13.4. The maximum absolute atomic E-state index is 9.81. The van der Waals surface area contributed by atoms with Gasteiger partial charge >= 0.3 is 7.82 Å². The molecule has 96 valence electrons. The van der Waals surface area contributed by atoms with Crippen LogP contribution in [0.5, 0.6) is 0 Å². The summed E-state index contributed by atoms with van der Waals surface area (Å²) >= 11 is 0. The molecule has 0 aliphatic rings. The summed E-state index contributed by atoms with van der Waals surface area (Å²) in [5, 5.41) is 0. The molecule has 0 aromatic carbocycles. The van der Waals surface area contributed by atoms with Crippen LogP contribution in [0.1, 0.15) is 0 Å². The maximum Gasteiger partial charge on any atom is 0.469 e. The number of phosphoric acid groups is 1. The average Bonchev–Trinajstić information content (AvgIpc) is 2.26. The van der Waals surface area contributed by atoms with Gasteiger partial charge in [-0.3, -0.25) is 4.52 Å². The van der Waals surface area contributed by atoms with E-state index < -0.39 is 7.82 Å². The Hall–Kier alpha value is -0.750. The first-order chi connectivity index (χ1) is 7.39. The van der Waals surface area contributed by atoms with Crippen LogP contribution >= 0.6 is 7.82 Å². The molecule has 0 radical (unpaired) electrons. The minimum absolute atomic E-state index is 0.121. The standard InChI is InChI=1S/2C3H7N.C3H7O4P/c2*1-2-3-4;1-2-3-7-8(4,5)6/h2*2H,1,3-4H2;2H,1,3H2,(H2,4,5,6). The molecule has 0 unspecified atom stereocenters. The zero-order valence-electron chi connectivity index (χ0n) is 9.29. The van der Waals surface area contributed by atoms with Crippen LogP contribution < -0.4 is 11.5 Å². The van der Waals surface area contributed by atoms with Gasteiger partial charge in [-0.25, -0.2) is 4.57 Å². The van der Waals surface area contributed by atoms with Gasteiger partial charge in [0.1, 0.15) is 0 Å². The van der Waals surface area contributed by atoms with Crippen molar-refractivity contribution in [1.29, 1.82) is 0 Å². The van der Waals surface area contributed by atoms with Gasteiger partial charge in [0, 0.05) is 13.1 Å². The summed E-state index contributed by atoms with van der Waals surface area (Å²) in [7, 11) is -4.25. The van der Waals surface area contributed by atoms with Crippen molar-refractivity contribution in [1.82, 2.24) is 0 Å². The SMILES string of the molecule is C=CCN.C=CCN.C=CCOP(=O)(O)O. The van der Waals surface area contributed by atoms with E-state index in [1.165, 1.54) is 6.08 Å². The molecule has 7 heteroatoms. The Bertz CT molecular complexity index is 208. The Labute approximate surface area is 96.5 Å². The lowest BCUT2D eigenvalue weighted by molar-refractivity contribution is 0.216. The smallest absolute Gasteiger partial charge is 0.327 e. The maximum atomic E-state index is 9.81. The Balaban J connectivity index is -0.000000179. The van der Waals surface area contributed by atoms with E-state index in [1.807, 2.05) is 0 Å². The fourth-order valence-electron chi connectivity index (χ4n) is 0.150. The largest absolute Gasteiger partial charge is 0.469 e. The van der Waals surface area contributed by atoms with E-state index in [-0.39, 0.29) is 6.61 Å². The third kappa shape index (κ3) is 50.9. The lowest BCUT2D eigenvalue weighted by Gasteiger charge is -1.98. The van der Waals surface area contributed by atoms with Crippen LogP contribution in [0, 0.1) is 0 Å². The molecule has 0 saturated carbocycles. The predicted molar refractivity (Wildman–Crippen MR) is 66.7 cm³/mol. The van der Waals surface area contributed by atoms with Crippen LogP contribution in [-0.2, 0) is 9.09 Å². The van der Waals surface area contributed by atoms with E-state index in [0.717, 1.165) is 0 Å². The molecule has 0 heterocycles. The minimum Gasteiger partial charge on any atom is -0.327 e. The van der Waals surface area contributed by atoms with Crippen LogP contribution in [-0.4, -0.2) is 29.5 Å². The van der Waals surface area contributed by atoms with Crippen molar-refractivity contribution in [2.45, 2.75) is 0 Å². The normalized spacial score (nSPS) is 8.75. The van der Waals surface area contributed by atoms with Crippen LogP contribution in [0.4, 0.5) is 0 Å². The van der Waals surface area contributed by atoms with E-state index in [4.69, 9.17) is 21.3 Å². The summed E-state index contributed by atoms with van der Waals surface area (Å²) < 4.78 is 13.7. The number of phosphoric ester groups is 1. The topological polar surface area (TPSA) is 119 Å². The fraction of sp³-hybridized carbons (Fsp3) is 0.333. The second kappa shape index (κ2) is 16.7. The molecule has 16 heavy (non-hydrogen) atoms. The average molecular weight is 252 g/mol. The van der Waals surface area contributed by atoms with Crippen LogP contribution in [0.15, 0.2) is 38.0 Å². The highest BCUT2D eigenvalue weighted by molar-refractivity contribution is 7.46. The summed E-state index contributed by atoms with van der Waals surface area (Å²) in [6, 6.07) is 0. The monoisotopic (exact) mass is 252 g/mol. The molecular formula is C9H21N2O4P. The summed E-state index contributed by atoms with van der Waals surface area (Å²) in [6.07, 6.45) is 4.57. The Morgan fingerprint density at radius 1 is 1.06 bits per heavy atom. The zero-order valence-corrected chi connectivity index (χ0v) is 10.2. The van der Waals surface area contributed by atoms with E-state index in [2.05, 4.69) is 24.3 Å². The lowest BCUT2D eigenvalue weighted by atomic mass is 10.7. The predicted octanol–water partition coefficient (Wildman–Crippen LogP) is 0.544.